The molecule has 0 radical (unpaired) electrons. The Balaban J connectivity index is 1.44. The lowest BCUT2D eigenvalue weighted by Crippen LogP contribution is -2.40. The number of aromatic nitrogens is 5. The van der Waals surface area contributed by atoms with Crippen molar-refractivity contribution in [2.24, 2.45) is 11.8 Å². The van der Waals surface area contributed by atoms with Gasteiger partial charge in [-0.2, -0.15) is 0 Å². The van der Waals surface area contributed by atoms with Gasteiger partial charge < -0.3 is 9.32 Å². The Morgan fingerprint density at radius 3 is 2.73 bits per heavy atom. The van der Waals surface area contributed by atoms with Gasteiger partial charge in [0.1, 0.15) is 11.4 Å². The largest absolute Gasteiger partial charge is 0.467 e. The van der Waals surface area contributed by atoms with Crippen LogP contribution in [-0.4, -0.2) is 37.2 Å². The monoisotopic (exact) mass is 464 g/mol. The first-order valence-corrected chi connectivity index (χ1v) is 12.3. The van der Waals surface area contributed by atoms with Gasteiger partial charge in [-0.15, -0.1) is 10.2 Å². The topological polar surface area (TPSA) is 81.5 Å². The summed E-state index contributed by atoms with van der Waals surface area (Å²) in [6, 6.07) is 9.29. The Labute approximate surface area is 196 Å². The van der Waals surface area contributed by atoms with E-state index in [-0.39, 0.29) is 5.56 Å². The van der Waals surface area contributed by atoms with E-state index in [0.717, 1.165) is 41.2 Å². The van der Waals surface area contributed by atoms with Crippen molar-refractivity contribution < 1.29 is 4.42 Å². The normalized spacial score (nSPS) is 18.8. The molecule has 0 N–H and O–H groups in total. The van der Waals surface area contributed by atoms with Crippen molar-refractivity contribution in [3.8, 4) is 0 Å². The summed E-state index contributed by atoms with van der Waals surface area (Å²) in [5.74, 6) is 3.47. The van der Waals surface area contributed by atoms with Crippen molar-refractivity contribution in [1.29, 1.82) is 0 Å². The highest BCUT2D eigenvalue weighted by Crippen LogP contribution is 2.30. The average Bonchev–Trinajstić information content (AvgIpc) is 3.43. The van der Waals surface area contributed by atoms with Gasteiger partial charge in [0.2, 0.25) is 5.95 Å². The standard InChI is InChI=1S/C24H28N6O2S/c1-16-10-17(2)13-28(12-16)23-26-27-24(30(23)14-20-7-5-9-32-20)33-15-19-11-21(31)29-8-4-6-18(3)22(29)25-19/h4-9,11,16-17H,10,12-15H2,1-3H3. The van der Waals surface area contributed by atoms with Crippen molar-refractivity contribution in [3.05, 3.63) is 70.2 Å². The molecule has 9 heteroatoms. The van der Waals surface area contributed by atoms with Gasteiger partial charge in [0.25, 0.3) is 5.56 Å². The van der Waals surface area contributed by atoms with Crippen LogP contribution in [0, 0.1) is 18.8 Å². The molecule has 0 spiro atoms. The van der Waals surface area contributed by atoms with Crippen molar-refractivity contribution in [3.63, 3.8) is 0 Å². The minimum absolute atomic E-state index is 0.0756. The third-order valence-electron chi connectivity index (χ3n) is 6.03. The van der Waals surface area contributed by atoms with Gasteiger partial charge in [0, 0.05) is 31.1 Å². The van der Waals surface area contributed by atoms with E-state index in [2.05, 4.69) is 33.5 Å². The van der Waals surface area contributed by atoms with E-state index in [1.165, 1.54) is 6.42 Å². The summed E-state index contributed by atoms with van der Waals surface area (Å²) < 4.78 is 9.33. The van der Waals surface area contributed by atoms with Gasteiger partial charge in [-0.3, -0.25) is 13.8 Å². The molecule has 0 aliphatic carbocycles. The second-order valence-electron chi connectivity index (χ2n) is 9.06. The molecule has 0 aromatic carbocycles. The highest BCUT2D eigenvalue weighted by atomic mass is 32.2. The molecule has 33 heavy (non-hydrogen) atoms. The second-order valence-corrected chi connectivity index (χ2v) is 10.0. The number of piperidine rings is 1. The molecule has 1 fully saturated rings. The summed E-state index contributed by atoms with van der Waals surface area (Å²) in [7, 11) is 0. The molecule has 2 unspecified atom stereocenters. The summed E-state index contributed by atoms with van der Waals surface area (Å²) in [6.45, 7) is 9.03. The van der Waals surface area contributed by atoms with Gasteiger partial charge in [-0.1, -0.05) is 31.7 Å². The Hall–Kier alpha value is -3.07. The molecule has 0 amide bonds. The van der Waals surface area contributed by atoms with E-state index in [0.29, 0.717) is 29.8 Å². The van der Waals surface area contributed by atoms with E-state index >= 15 is 0 Å². The SMILES string of the molecule is Cc1cccn2c(=O)cc(CSc3nnc(N4CC(C)CC(C)C4)n3Cc3ccco3)nc12. The van der Waals surface area contributed by atoms with Crippen LogP contribution >= 0.6 is 11.8 Å². The third kappa shape index (κ3) is 4.55. The van der Waals surface area contributed by atoms with E-state index in [4.69, 9.17) is 9.40 Å². The van der Waals surface area contributed by atoms with Crippen LogP contribution < -0.4 is 10.5 Å². The van der Waals surface area contributed by atoms with E-state index in [1.807, 2.05) is 31.2 Å². The number of pyridine rings is 1. The van der Waals surface area contributed by atoms with Crippen molar-refractivity contribution in [1.82, 2.24) is 24.1 Å². The zero-order valence-corrected chi connectivity index (χ0v) is 20.0. The lowest BCUT2D eigenvalue weighted by atomic mass is 9.92. The highest BCUT2D eigenvalue weighted by Gasteiger charge is 2.27. The lowest BCUT2D eigenvalue weighted by Gasteiger charge is -2.35. The molecule has 1 aliphatic heterocycles. The van der Waals surface area contributed by atoms with Gasteiger partial charge in [-0.05, 0) is 48.9 Å². The predicted octanol–water partition coefficient (Wildman–Crippen LogP) is 4.01. The Bertz CT molecular complexity index is 1300. The number of hydrogen-bond acceptors (Lipinski definition) is 7. The fourth-order valence-corrected chi connectivity index (χ4v) is 5.49. The highest BCUT2D eigenvalue weighted by molar-refractivity contribution is 7.98. The van der Waals surface area contributed by atoms with E-state index in [1.54, 1.807) is 34.7 Å². The first-order valence-electron chi connectivity index (χ1n) is 11.3. The molecule has 0 bridgehead atoms. The molecule has 5 rings (SSSR count). The molecule has 8 nitrogen and oxygen atoms in total. The van der Waals surface area contributed by atoms with E-state index < -0.39 is 0 Å². The Morgan fingerprint density at radius 1 is 1.15 bits per heavy atom. The molecule has 4 aromatic rings. The van der Waals surface area contributed by atoms with Crippen molar-refractivity contribution in [2.45, 2.75) is 44.6 Å². The van der Waals surface area contributed by atoms with Crippen molar-refractivity contribution >= 4 is 23.4 Å². The molecule has 4 aromatic heterocycles. The molecule has 5 heterocycles. The Kier molecular flexibility index (Phi) is 5.97. The fourth-order valence-electron chi connectivity index (χ4n) is 4.67. The molecule has 2 atom stereocenters. The summed E-state index contributed by atoms with van der Waals surface area (Å²) in [5, 5.41) is 9.88. The van der Waals surface area contributed by atoms with Crippen LogP contribution in [0.2, 0.25) is 0 Å². The van der Waals surface area contributed by atoms with Crippen LogP contribution in [0.4, 0.5) is 5.95 Å². The number of hydrogen-bond donors (Lipinski definition) is 0. The first-order chi connectivity index (χ1) is 16.0. The summed E-state index contributed by atoms with van der Waals surface area (Å²) in [6.07, 6.45) is 4.67. The summed E-state index contributed by atoms with van der Waals surface area (Å²) in [5.41, 5.74) is 2.31. The number of rotatable bonds is 6. The van der Waals surface area contributed by atoms with Crippen LogP contribution in [0.15, 0.2) is 57.2 Å². The van der Waals surface area contributed by atoms with Crippen LogP contribution in [0.1, 0.15) is 37.3 Å². The Morgan fingerprint density at radius 2 is 1.97 bits per heavy atom. The quantitative estimate of drug-likeness (QED) is 0.399. The summed E-state index contributed by atoms with van der Waals surface area (Å²) >= 11 is 1.54. The van der Waals surface area contributed by atoms with Gasteiger partial charge in [0.15, 0.2) is 5.16 Å². The minimum Gasteiger partial charge on any atom is -0.467 e. The minimum atomic E-state index is -0.0756. The molecular weight excluding hydrogens is 436 g/mol. The van der Waals surface area contributed by atoms with Crippen LogP contribution in [-0.2, 0) is 12.3 Å². The maximum atomic E-state index is 12.6. The number of furan rings is 1. The number of fused-ring (bicyclic) bond motifs is 1. The summed E-state index contributed by atoms with van der Waals surface area (Å²) in [4.78, 5) is 19.6. The lowest BCUT2D eigenvalue weighted by molar-refractivity contribution is 0.350. The average molecular weight is 465 g/mol. The molecule has 1 aliphatic rings. The van der Waals surface area contributed by atoms with Crippen LogP contribution in [0.3, 0.4) is 0 Å². The molecule has 172 valence electrons. The molecular formula is C24H28N6O2S. The number of thioether (sulfide) groups is 1. The van der Waals surface area contributed by atoms with Crippen LogP contribution in [0.25, 0.3) is 5.65 Å². The maximum absolute atomic E-state index is 12.6. The molecule has 0 saturated carbocycles. The van der Waals surface area contributed by atoms with Gasteiger partial charge >= 0.3 is 0 Å². The van der Waals surface area contributed by atoms with Crippen LogP contribution in [0.5, 0.6) is 0 Å². The number of aryl methyl sites for hydroxylation is 1. The van der Waals surface area contributed by atoms with Gasteiger partial charge in [0.05, 0.1) is 18.5 Å². The predicted molar refractivity (Wildman–Crippen MR) is 129 cm³/mol. The number of nitrogens with zero attached hydrogens (tertiary/aromatic N) is 6. The fraction of sp³-hybridized carbons (Fsp3) is 0.417. The smallest absolute Gasteiger partial charge is 0.258 e. The zero-order valence-electron chi connectivity index (χ0n) is 19.1. The second kappa shape index (κ2) is 9.05. The van der Waals surface area contributed by atoms with Crippen molar-refractivity contribution in [2.75, 3.05) is 18.0 Å². The maximum Gasteiger partial charge on any atom is 0.258 e. The zero-order chi connectivity index (χ0) is 22.9. The first kappa shape index (κ1) is 21.8. The van der Waals surface area contributed by atoms with Gasteiger partial charge in [-0.25, -0.2) is 4.98 Å². The third-order valence-corrected chi connectivity index (χ3v) is 7.03. The number of anilines is 1. The van der Waals surface area contributed by atoms with E-state index in [9.17, 15) is 4.79 Å². The molecule has 1 saturated heterocycles.